The van der Waals surface area contributed by atoms with E-state index in [1.807, 2.05) is 6.08 Å². The fourth-order valence-electron chi connectivity index (χ4n) is 9.46. The van der Waals surface area contributed by atoms with E-state index in [2.05, 4.69) is 43.5 Å². The molecule has 3 saturated heterocycles. The molecule has 0 aromatic carbocycles. The standard InChI is InChI=1S/C55H99NO18/c1-3-5-7-9-11-13-15-17-18-19-20-21-22-24-26-28-30-32-39(60)38(56-43(61)33-31-29-27-25-23-16-14-12-10-8-6-4-2)37-69-53-49(67)46(64)51(41(35-58)71-53)74-55-50(68)47(65)52(42(36-59)72-55)73-54-48(66)45(63)44(62)40(34-57)70-54/h18-19,22,24,30,32,38-42,44-55,57-60,62-68H,3-17,20-21,23,25-29,31,33-37H2,1-2H3,(H,56,61)/b19-18+,24-22+,32-30+. The summed E-state index contributed by atoms with van der Waals surface area (Å²) in [6, 6.07) is -0.991. The van der Waals surface area contributed by atoms with Gasteiger partial charge in [0.25, 0.3) is 0 Å². The number of unbranched alkanes of at least 4 members (excludes halogenated alkanes) is 20. The van der Waals surface area contributed by atoms with E-state index in [0.717, 1.165) is 44.9 Å². The summed E-state index contributed by atoms with van der Waals surface area (Å²) in [5.74, 6) is -0.292. The summed E-state index contributed by atoms with van der Waals surface area (Å²) < 4.78 is 34.1. The lowest BCUT2D eigenvalue weighted by Crippen LogP contribution is -2.66. The van der Waals surface area contributed by atoms with E-state index >= 15 is 0 Å². The van der Waals surface area contributed by atoms with E-state index in [1.165, 1.54) is 96.3 Å². The van der Waals surface area contributed by atoms with Crippen molar-refractivity contribution in [2.45, 2.75) is 279 Å². The number of aliphatic hydroxyl groups is 11. The molecule has 12 N–H and O–H groups in total. The molecule has 0 aliphatic carbocycles. The molecule has 0 bridgehead atoms. The summed E-state index contributed by atoms with van der Waals surface area (Å²) in [6.45, 7) is 1.66. The minimum Gasteiger partial charge on any atom is -0.394 e. The number of hydrogen-bond acceptors (Lipinski definition) is 18. The van der Waals surface area contributed by atoms with Gasteiger partial charge in [-0.05, 0) is 44.9 Å². The molecule has 0 radical (unpaired) electrons. The van der Waals surface area contributed by atoms with Crippen molar-refractivity contribution in [3.63, 3.8) is 0 Å². The van der Waals surface area contributed by atoms with Crippen LogP contribution in [0.4, 0.5) is 0 Å². The fraction of sp³-hybridized carbons (Fsp3) is 0.873. The normalized spacial score (nSPS) is 31.7. The van der Waals surface area contributed by atoms with Crippen molar-refractivity contribution in [3.8, 4) is 0 Å². The Balaban J connectivity index is 1.55. The van der Waals surface area contributed by atoms with Gasteiger partial charge in [-0.3, -0.25) is 4.79 Å². The number of amides is 1. The first-order valence-corrected chi connectivity index (χ1v) is 28.2. The molecule has 1 amide bonds. The van der Waals surface area contributed by atoms with E-state index in [9.17, 15) is 61.0 Å². The fourth-order valence-corrected chi connectivity index (χ4v) is 9.46. The first kappa shape index (κ1) is 66.3. The van der Waals surface area contributed by atoms with Gasteiger partial charge >= 0.3 is 0 Å². The molecule has 3 heterocycles. The van der Waals surface area contributed by atoms with Crippen LogP contribution in [-0.2, 0) is 33.2 Å². The van der Waals surface area contributed by atoms with Crippen molar-refractivity contribution in [2.75, 3.05) is 26.4 Å². The number of rotatable bonds is 40. The minimum absolute atomic E-state index is 0.234. The largest absolute Gasteiger partial charge is 0.394 e. The van der Waals surface area contributed by atoms with Crippen molar-refractivity contribution in [1.29, 1.82) is 0 Å². The molecular weight excluding hydrogens is 963 g/mol. The summed E-state index contributed by atoms with van der Waals surface area (Å²) in [5, 5.41) is 120. The number of carbonyl (C=O) groups is 1. The molecule has 0 saturated carbocycles. The molecule has 17 unspecified atom stereocenters. The van der Waals surface area contributed by atoms with Crippen LogP contribution in [0, 0.1) is 0 Å². The average Bonchev–Trinajstić information content (AvgIpc) is 3.40. The zero-order valence-corrected chi connectivity index (χ0v) is 44.6. The van der Waals surface area contributed by atoms with Crippen molar-refractivity contribution in [1.82, 2.24) is 5.32 Å². The second-order valence-corrected chi connectivity index (χ2v) is 20.4. The molecule has 3 rings (SSSR count). The summed E-state index contributed by atoms with van der Waals surface area (Å²) in [7, 11) is 0. The Morgan fingerprint density at radius 2 is 0.865 bits per heavy atom. The molecule has 17 atom stereocenters. The van der Waals surface area contributed by atoms with E-state index in [-0.39, 0.29) is 18.9 Å². The van der Waals surface area contributed by atoms with Crippen LogP contribution in [0.15, 0.2) is 36.5 Å². The summed E-state index contributed by atoms with van der Waals surface area (Å²) in [5.41, 5.74) is 0. The van der Waals surface area contributed by atoms with Crippen LogP contribution < -0.4 is 5.32 Å². The molecule has 0 aromatic rings. The number of carbonyl (C=O) groups excluding carboxylic acids is 1. The van der Waals surface area contributed by atoms with Gasteiger partial charge in [-0.2, -0.15) is 0 Å². The summed E-state index contributed by atoms with van der Waals surface area (Å²) in [6.07, 6.45) is 12.8. The van der Waals surface area contributed by atoms with Gasteiger partial charge < -0.3 is 89.9 Å². The third kappa shape index (κ3) is 23.9. The predicted octanol–water partition coefficient (Wildman–Crippen LogP) is 3.76. The SMILES string of the molecule is CCCCCCCCC/C=C/CC/C=C/CC/C=C/C(O)C(COC1OC(CO)C(OC2OC(CO)C(OC3OC(CO)C(O)C(O)C3O)C(O)C2O)C(O)C1O)NC(=O)CCCCCCCCCCCCCC. The van der Waals surface area contributed by atoms with Gasteiger partial charge in [0.15, 0.2) is 18.9 Å². The van der Waals surface area contributed by atoms with E-state index in [4.69, 9.17) is 28.4 Å². The highest BCUT2D eigenvalue weighted by Gasteiger charge is 2.53. The van der Waals surface area contributed by atoms with Crippen molar-refractivity contribution in [2.24, 2.45) is 0 Å². The highest BCUT2D eigenvalue weighted by molar-refractivity contribution is 5.76. The van der Waals surface area contributed by atoms with Gasteiger partial charge in [0, 0.05) is 6.42 Å². The maximum absolute atomic E-state index is 13.2. The first-order chi connectivity index (χ1) is 35.8. The number of allylic oxidation sites excluding steroid dienone is 5. The predicted molar refractivity (Wildman–Crippen MR) is 277 cm³/mol. The smallest absolute Gasteiger partial charge is 0.220 e. The molecule has 3 aliphatic heterocycles. The molecule has 432 valence electrons. The Morgan fingerprint density at radius 3 is 1.35 bits per heavy atom. The molecule has 3 aliphatic rings. The van der Waals surface area contributed by atoms with Gasteiger partial charge in [-0.25, -0.2) is 0 Å². The van der Waals surface area contributed by atoms with Crippen LogP contribution in [0.5, 0.6) is 0 Å². The molecule has 74 heavy (non-hydrogen) atoms. The zero-order valence-electron chi connectivity index (χ0n) is 44.6. The maximum Gasteiger partial charge on any atom is 0.220 e. The Kier molecular flexibility index (Phi) is 35.3. The Bertz CT molecular complexity index is 1500. The molecule has 0 aromatic heterocycles. The van der Waals surface area contributed by atoms with Crippen LogP contribution in [0.2, 0.25) is 0 Å². The van der Waals surface area contributed by atoms with Gasteiger partial charge in [-0.1, -0.05) is 159 Å². The third-order valence-electron chi connectivity index (χ3n) is 14.2. The van der Waals surface area contributed by atoms with E-state index < -0.39 is 124 Å². The number of hydrogen-bond donors (Lipinski definition) is 12. The lowest BCUT2D eigenvalue weighted by Gasteiger charge is -2.48. The topological polar surface area (TPSA) is 307 Å². The Labute approximate surface area is 440 Å². The van der Waals surface area contributed by atoms with E-state index in [0.29, 0.717) is 12.8 Å². The minimum atomic E-state index is -1.98. The van der Waals surface area contributed by atoms with Crippen LogP contribution in [0.1, 0.15) is 174 Å². The van der Waals surface area contributed by atoms with Gasteiger partial charge in [-0.15, -0.1) is 0 Å². The van der Waals surface area contributed by atoms with Crippen molar-refractivity contribution >= 4 is 5.91 Å². The molecule has 3 fully saturated rings. The zero-order chi connectivity index (χ0) is 54.1. The third-order valence-corrected chi connectivity index (χ3v) is 14.2. The van der Waals surface area contributed by atoms with Crippen LogP contribution in [0.3, 0.4) is 0 Å². The quantitative estimate of drug-likeness (QED) is 0.0307. The Morgan fingerprint density at radius 1 is 0.473 bits per heavy atom. The lowest BCUT2D eigenvalue weighted by molar-refractivity contribution is -0.379. The maximum atomic E-state index is 13.2. The van der Waals surface area contributed by atoms with Gasteiger partial charge in [0.1, 0.15) is 73.2 Å². The average molecular weight is 1060 g/mol. The second kappa shape index (κ2) is 39.4. The van der Waals surface area contributed by atoms with Gasteiger partial charge in [0.2, 0.25) is 5.91 Å². The lowest BCUT2D eigenvalue weighted by atomic mass is 9.96. The summed E-state index contributed by atoms with van der Waals surface area (Å²) in [4.78, 5) is 13.2. The highest BCUT2D eigenvalue weighted by Crippen LogP contribution is 2.33. The number of ether oxygens (including phenoxy) is 6. The van der Waals surface area contributed by atoms with Crippen molar-refractivity contribution < 1.29 is 89.4 Å². The molecular formula is C55H99NO18. The van der Waals surface area contributed by atoms with Gasteiger partial charge in [0.05, 0.1) is 38.6 Å². The number of aliphatic hydroxyl groups excluding tert-OH is 11. The molecule has 19 heteroatoms. The highest BCUT2D eigenvalue weighted by atomic mass is 16.8. The van der Waals surface area contributed by atoms with Crippen LogP contribution >= 0.6 is 0 Å². The monoisotopic (exact) mass is 1060 g/mol. The van der Waals surface area contributed by atoms with Crippen LogP contribution in [-0.4, -0.2) is 193 Å². The Hall–Kier alpha value is -1.99. The number of nitrogens with one attached hydrogen (secondary N) is 1. The molecule has 0 spiro atoms. The molecule has 19 nitrogen and oxygen atoms in total. The second-order valence-electron chi connectivity index (χ2n) is 20.4. The van der Waals surface area contributed by atoms with E-state index in [1.54, 1.807) is 6.08 Å². The van der Waals surface area contributed by atoms with Crippen LogP contribution in [0.25, 0.3) is 0 Å². The summed E-state index contributed by atoms with van der Waals surface area (Å²) >= 11 is 0. The first-order valence-electron chi connectivity index (χ1n) is 28.2. The van der Waals surface area contributed by atoms with Crippen molar-refractivity contribution in [3.05, 3.63) is 36.5 Å².